The van der Waals surface area contributed by atoms with Crippen molar-refractivity contribution in [1.29, 1.82) is 0 Å². The monoisotopic (exact) mass is 414 g/mol. The molecule has 0 saturated carbocycles. The summed E-state index contributed by atoms with van der Waals surface area (Å²) in [7, 11) is 0. The number of carbonyl (C=O) groups is 4. The molecule has 1 aliphatic heterocycles. The Bertz CT molecular complexity index is 925. The zero-order valence-corrected chi connectivity index (χ0v) is 16.4. The zero-order chi connectivity index (χ0) is 21.0. The number of rotatable bonds is 6. The lowest BCUT2D eigenvalue weighted by Gasteiger charge is -2.15. The van der Waals surface area contributed by atoms with Gasteiger partial charge in [0.25, 0.3) is 5.91 Å². The number of hydrogen-bond acceptors (Lipinski definition) is 5. The lowest BCUT2D eigenvalue weighted by Crippen LogP contribution is -2.31. The van der Waals surface area contributed by atoms with Crippen molar-refractivity contribution >= 4 is 41.0 Å². The summed E-state index contributed by atoms with van der Waals surface area (Å²) in [5, 5.41) is 3.34. The van der Waals surface area contributed by atoms with Crippen LogP contribution < -0.4 is 10.2 Å². The van der Waals surface area contributed by atoms with Crippen LogP contribution >= 0.6 is 11.6 Å². The summed E-state index contributed by atoms with van der Waals surface area (Å²) in [6, 6.07) is 12.7. The average Bonchev–Trinajstić information content (AvgIpc) is 3.05. The van der Waals surface area contributed by atoms with E-state index in [1.807, 2.05) is 6.92 Å². The second kappa shape index (κ2) is 8.87. The number of halogens is 1. The normalized spacial score (nSPS) is 14.6. The van der Waals surface area contributed by atoms with E-state index < -0.39 is 18.5 Å². The molecule has 7 nitrogen and oxygen atoms in total. The number of esters is 1. The first-order valence-electron chi connectivity index (χ1n) is 9.03. The molecule has 1 atom stereocenters. The Labute approximate surface area is 172 Å². The van der Waals surface area contributed by atoms with Crippen molar-refractivity contribution in [2.45, 2.75) is 25.8 Å². The molecule has 0 bridgehead atoms. The van der Waals surface area contributed by atoms with Crippen molar-refractivity contribution in [2.24, 2.45) is 0 Å². The predicted octanol–water partition coefficient (Wildman–Crippen LogP) is 3.03. The minimum absolute atomic E-state index is 0.187. The lowest BCUT2D eigenvalue weighted by molar-refractivity contribution is -0.125. The standard InChI is InChI=1S/C21H19ClN2O5/c1-13(14-2-6-16(22)7-3-14)23-18(25)12-29-21(28)15-4-8-17(9-5-15)24-19(26)10-11-20(24)27/h2-9,13H,10-12H2,1H3,(H,23,25). The van der Waals surface area contributed by atoms with Gasteiger partial charge in [-0.05, 0) is 48.9 Å². The highest BCUT2D eigenvalue weighted by atomic mass is 35.5. The second-order valence-corrected chi connectivity index (χ2v) is 7.02. The Balaban J connectivity index is 1.52. The van der Waals surface area contributed by atoms with Gasteiger partial charge in [-0.3, -0.25) is 19.3 Å². The van der Waals surface area contributed by atoms with Crippen LogP contribution in [0.2, 0.25) is 5.02 Å². The van der Waals surface area contributed by atoms with E-state index in [9.17, 15) is 19.2 Å². The number of carbonyl (C=O) groups excluding carboxylic acids is 4. The summed E-state index contributed by atoms with van der Waals surface area (Å²) >= 11 is 5.84. The number of anilines is 1. The van der Waals surface area contributed by atoms with E-state index >= 15 is 0 Å². The molecule has 1 unspecified atom stereocenters. The molecular weight excluding hydrogens is 396 g/mol. The average molecular weight is 415 g/mol. The fraction of sp³-hybridized carbons (Fsp3) is 0.238. The molecule has 2 aromatic rings. The number of amides is 3. The molecule has 3 rings (SSSR count). The molecule has 0 radical (unpaired) electrons. The summed E-state index contributed by atoms with van der Waals surface area (Å²) in [4.78, 5) is 48.8. The number of ether oxygens (including phenoxy) is 1. The lowest BCUT2D eigenvalue weighted by atomic mass is 10.1. The van der Waals surface area contributed by atoms with Crippen molar-refractivity contribution in [3.05, 3.63) is 64.7 Å². The van der Waals surface area contributed by atoms with Crippen LogP contribution in [0, 0.1) is 0 Å². The molecule has 1 fully saturated rings. The van der Waals surface area contributed by atoms with Crippen molar-refractivity contribution in [3.63, 3.8) is 0 Å². The third-order valence-electron chi connectivity index (χ3n) is 4.49. The smallest absolute Gasteiger partial charge is 0.338 e. The minimum atomic E-state index is -0.676. The van der Waals surface area contributed by atoms with Gasteiger partial charge >= 0.3 is 5.97 Å². The van der Waals surface area contributed by atoms with E-state index in [0.29, 0.717) is 10.7 Å². The van der Waals surface area contributed by atoms with Crippen LogP contribution in [0.4, 0.5) is 5.69 Å². The second-order valence-electron chi connectivity index (χ2n) is 6.59. The first-order valence-corrected chi connectivity index (χ1v) is 9.41. The quantitative estimate of drug-likeness (QED) is 0.579. The number of imide groups is 1. The van der Waals surface area contributed by atoms with Crippen LogP contribution in [-0.2, 0) is 19.1 Å². The molecule has 29 heavy (non-hydrogen) atoms. The summed E-state index contributed by atoms with van der Waals surface area (Å²) in [5.74, 6) is -1.65. The molecule has 1 aliphatic rings. The number of benzene rings is 2. The number of nitrogens with one attached hydrogen (secondary N) is 1. The maximum atomic E-state index is 12.1. The molecule has 0 aliphatic carbocycles. The minimum Gasteiger partial charge on any atom is -0.452 e. The van der Waals surface area contributed by atoms with Gasteiger partial charge in [-0.1, -0.05) is 23.7 Å². The van der Waals surface area contributed by atoms with Gasteiger partial charge in [0.1, 0.15) is 0 Å². The largest absolute Gasteiger partial charge is 0.452 e. The van der Waals surface area contributed by atoms with E-state index in [0.717, 1.165) is 10.5 Å². The van der Waals surface area contributed by atoms with Crippen LogP contribution in [0.25, 0.3) is 0 Å². The van der Waals surface area contributed by atoms with E-state index in [1.165, 1.54) is 24.3 Å². The number of hydrogen-bond donors (Lipinski definition) is 1. The maximum Gasteiger partial charge on any atom is 0.338 e. The van der Waals surface area contributed by atoms with Crippen molar-refractivity contribution in [3.8, 4) is 0 Å². The molecular formula is C21H19ClN2O5. The summed E-state index contributed by atoms with van der Waals surface area (Å²) in [6.45, 7) is 1.38. The topological polar surface area (TPSA) is 92.8 Å². The van der Waals surface area contributed by atoms with E-state index in [-0.39, 0.29) is 36.3 Å². The Morgan fingerprint density at radius 3 is 2.21 bits per heavy atom. The van der Waals surface area contributed by atoms with Crippen molar-refractivity contribution < 1.29 is 23.9 Å². The molecule has 0 aromatic heterocycles. The first-order chi connectivity index (χ1) is 13.8. The van der Waals surface area contributed by atoms with Gasteiger partial charge in [-0.2, -0.15) is 0 Å². The Hall–Kier alpha value is -3.19. The van der Waals surface area contributed by atoms with Crippen LogP contribution in [-0.4, -0.2) is 30.3 Å². The van der Waals surface area contributed by atoms with E-state index in [4.69, 9.17) is 16.3 Å². The summed E-state index contributed by atoms with van der Waals surface area (Å²) in [5.41, 5.74) is 1.49. The fourth-order valence-corrected chi connectivity index (χ4v) is 3.07. The molecule has 150 valence electrons. The maximum absolute atomic E-state index is 12.1. The Kier molecular flexibility index (Phi) is 6.29. The van der Waals surface area contributed by atoms with Crippen LogP contribution in [0.5, 0.6) is 0 Å². The third-order valence-corrected chi connectivity index (χ3v) is 4.75. The molecule has 0 spiro atoms. The van der Waals surface area contributed by atoms with Crippen molar-refractivity contribution in [2.75, 3.05) is 11.5 Å². The molecule has 2 aromatic carbocycles. The van der Waals surface area contributed by atoms with Gasteiger partial charge in [0.2, 0.25) is 11.8 Å². The Morgan fingerprint density at radius 2 is 1.62 bits per heavy atom. The van der Waals surface area contributed by atoms with Gasteiger partial charge < -0.3 is 10.1 Å². The Morgan fingerprint density at radius 1 is 1.03 bits per heavy atom. The first kappa shape index (κ1) is 20.5. The summed E-state index contributed by atoms with van der Waals surface area (Å²) < 4.78 is 5.03. The molecule has 1 heterocycles. The van der Waals surface area contributed by atoms with Crippen molar-refractivity contribution in [1.82, 2.24) is 5.32 Å². The van der Waals surface area contributed by atoms with E-state index in [1.54, 1.807) is 24.3 Å². The fourth-order valence-electron chi connectivity index (χ4n) is 2.94. The van der Waals surface area contributed by atoms with Gasteiger partial charge in [-0.15, -0.1) is 0 Å². The predicted molar refractivity (Wildman–Crippen MR) is 106 cm³/mol. The van der Waals surface area contributed by atoms with Gasteiger partial charge in [0.05, 0.1) is 17.3 Å². The third kappa shape index (κ3) is 5.00. The zero-order valence-electron chi connectivity index (χ0n) is 15.7. The van der Waals surface area contributed by atoms with Crippen LogP contribution in [0.3, 0.4) is 0 Å². The molecule has 8 heteroatoms. The molecule has 1 N–H and O–H groups in total. The van der Waals surface area contributed by atoms with Crippen LogP contribution in [0.1, 0.15) is 41.7 Å². The SMILES string of the molecule is CC(NC(=O)COC(=O)c1ccc(N2C(=O)CCC2=O)cc1)c1ccc(Cl)cc1. The van der Waals surface area contributed by atoms with Gasteiger partial charge in [0, 0.05) is 17.9 Å². The highest BCUT2D eigenvalue weighted by Crippen LogP contribution is 2.23. The highest BCUT2D eigenvalue weighted by Gasteiger charge is 2.30. The van der Waals surface area contributed by atoms with E-state index in [2.05, 4.69) is 5.32 Å². The van der Waals surface area contributed by atoms with Crippen LogP contribution in [0.15, 0.2) is 48.5 Å². The van der Waals surface area contributed by atoms with Gasteiger partial charge in [-0.25, -0.2) is 4.79 Å². The summed E-state index contributed by atoms with van der Waals surface area (Å²) in [6.07, 6.45) is 0.373. The highest BCUT2D eigenvalue weighted by molar-refractivity contribution is 6.30. The number of nitrogens with zero attached hydrogens (tertiary/aromatic N) is 1. The molecule has 1 saturated heterocycles. The van der Waals surface area contributed by atoms with Gasteiger partial charge in [0.15, 0.2) is 6.61 Å². The molecule has 3 amide bonds.